The number of carbonyl (C=O) groups is 1. The molecule has 0 spiro atoms. The second-order valence-electron chi connectivity index (χ2n) is 5.20. The van der Waals surface area contributed by atoms with Crippen LogP contribution in [0.15, 0.2) is 22.7 Å². The highest BCUT2D eigenvalue weighted by molar-refractivity contribution is 9.10. The maximum atomic E-state index is 12.0. The molecule has 2 unspecified atom stereocenters. The summed E-state index contributed by atoms with van der Waals surface area (Å²) < 4.78 is 0.881. The number of piperidine rings is 1. The largest absolute Gasteiger partial charge is 0.389 e. The lowest BCUT2D eigenvalue weighted by Crippen LogP contribution is -2.48. The van der Waals surface area contributed by atoms with Crippen LogP contribution in [0.1, 0.15) is 37.9 Å². The molecule has 1 heterocycles. The van der Waals surface area contributed by atoms with Gasteiger partial charge in [0.25, 0.3) is 0 Å². The van der Waals surface area contributed by atoms with Gasteiger partial charge in [-0.1, -0.05) is 22.0 Å². The number of rotatable bonds is 3. The van der Waals surface area contributed by atoms with Gasteiger partial charge >= 0.3 is 0 Å². The standard InChI is InChI=1S/C15H21BrN2O2/c1-10(19)12-7-6-11(9-13(12)16)18-8-4-3-5-14(18)15(20)17-2/h6-7,9-10,14,19H,3-5,8H2,1-2H3,(H,17,20). The number of anilines is 1. The van der Waals surface area contributed by atoms with Gasteiger partial charge in [-0.3, -0.25) is 4.79 Å². The number of benzene rings is 1. The number of likely N-dealkylation sites (N-methyl/N-ethyl adjacent to an activating group) is 1. The normalized spacial score (nSPS) is 20.6. The van der Waals surface area contributed by atoms with Crippen molar-refractivity contribution in [3.05, 3.63) is 28.2 Å². The molecular formula is C15H21BrN2O2. The third-order valence-electron chi connectivity index (χ3n) is 3.82. The van der Waals surface area contributed by atoms with Crippen molar-refractivity contribution in [3.8, 4) is 0 Å². The maximum absolute atomic E-state index is 12.0. The van der Waals surface area contributed by atoms with Crippen molar-refractivity contribution in [2.45, 2.75) is 38.3 Å². The molecule has 110 valence electrons. The van der Waals surface area contributed by atoms with Crippen LogP contribution in [0.25, 0.3) is 0 Å². The highest BCUT2D eigenvalue weighted by atomic mass is 79.9. The number of halogens is 1. The number of hydrogen-bond donors (Lipinski definition) is 2. The van der Waals surface area contributed by atoms with Gasteiger partial charge in [-0.15, -0.1) is 0 Å². The predicted octanol–water partition coefficient (Wildman–Crippen LogP) is 2.61. The van der Waals surface area contributed by atoms with Gasteiger partial charge in [0.05, 0.1) is 6.10 Å². The molecular weight excluding hydrogens is 320 g/mol. The summed E-state index contributed by atoms with van der Waals surface area (Å²) in [5, 5.41) is 12.4. The topological polar surface area (TPSA) is 52.6 Å². The molecule has 1 aromatic carbocycles. The van der Waals surface area contributed by atoms with E-state index in [1.807, 2.05) is 18.2 Å². The molecule has 1 aromatic rings. The van der Waals surface area contributed by atoms with Crippen molar-refractivity contribution < 1.29 is 9.90 Å². The smallest absolute Gasteiger partial charge is 0.242 e. The SMILES string of the molecule is CNC(=O)C1CCCCN1c1ccc(C(C)O)c(Br)c1. The van der Waals surface area contributed by atoms with Crippen LogP contribution >= 0.6 is 15.9 Å². The van der Waals surface area contributed by atoms with E-state index in [-0.39, 0.29) is 11.9 Å². The minimum absolute atomic E-state index is 0.0698. The van der Waals surface area contributed by atoms with Crippen LogP contribution in [-0.2, 0) is 4.79 Å². The van der Waals surface area contributed by atoms with Gasteiger partial charge in [-0.05, 0) is 43.9 Å². The molecule has 4 nitrogen and oxygen atoms in total. The number of nitrogens with zero attached hydrogens (tertiary/aromatic N) is 1. The second kappa shape index (κ2) is 6.59. The molecule has 2 atom stereocenters. The Morgan fingerprint density at radius 3 is 2.85 bits per heavy atom. The van der Waals surface area contributed by atoms with E-state index in [0.29, 0.717) is 0 Å². The molecule has 1 amide bonds. The van der Waals surface area contributed by atoms with E-state index in [1.165, 1.54) is 0 Å². The first-order valence-electron chi connectivity index (χ1n) is 7.00. The molecule has 0 bridgehead atoms. The first kappa shape index (κ1) is 15.3. The van der Waals surface area contributed by atoms with Gasteiger partial charge in [0.15, 0.2) is 0 Å². The highest BCUT2D eigenvalue weighted by Gasteiger charge is 2.28. The summed E-state index contributed by atoms with van der Waals surface area (Å²) >= 11 is 3.50. The van der Waals surface area contributed by atoms with Crippen molar-refractivity contribution in [1.29, 1.82) is 0 Å². The molecule has 5 heteroatoms. The van der Waals surface area contributed by atoms with Crippen LogP contribution in [0.5, 0.6) is 0 Å². The van der Waals surface area contributed by atoms with Gasteiger partial charge in [-0.2, -0.15) is 0 Å². The van der Waals surface area contributed by atoms with Crippen LogP contribution < -0.4 is 10.2 Å². The fraction of sp³-hybridized carbons (Fsp3) is 0.533. The second-order valence-corrected chi connectivity index (χ2v) is 6.06. The Labute approximate surface area is 128 Å². The zero-order valence-corrected chi connectivity index (χ0v) is 13.5. The molecule has 20 heavy (non-hydrogen) atoms. The van der Waals surface area contributed by atoms with E-state index in [0.717, 1.165) is 41.5 Å². The van der Waals surface area contributed by atoms with Crippen LogP contribution in [0, 0.1) is 0 Å². The number of carbonyl (C=O) groups excluding carboxylic acids is 1. The lowest BCUT2D eigenvalue weighted by Gasteiger charge is -2.36. The van der Waals surface area contributed by atoms with Gasteiger partial charge in [0.2, 0.25) is 5.91 Å². The van der Waals surface area contributed by atoms with Crippen molar-refractivity contribution in [3.63, 3.8) is 0 Å². The summed E-state index contributed by atoms with van der Waals surface area (Å²) in [4.78, 5) is 14.2. The third-order valence-corrected chi connectivity index (χ3v) is 4.50. The van der Waals surface area contributed by atoms with Crippen molar-refractivity contribution in [2.24, 2.45) is 0 Å². The molecule has 2 rings (SSSR count). The number of amides is 1. The number of nitrogens with one attached hydrogen (secondary N) is 1. The van der Waals surface area contributed by atoms with Crippen LogP contribution in [-0.4, -0.2) is 30.6 Å². The van der Waals surface area contributed by atoms with Crippen molar-refractivity contribution in [2.75, 3.05) is 18.5 Å². The number of hydrogen-bond acceptors (Lipinski definition) is 3. The Balaban J connectivity index is 2.28. The van der Waals surface area contributed by atoms with E-state index in [4.69, 9.17) is 0 Å². The Kier molecular flexibility index (Phi) is 5.05. The van der Waals surface area contributed by atoms with Gasteiger partial charge in [0, 0.05) is 23.8 Å². The van der Waals surface area contributed by atoms with Gasteiger partial charge in [0.1, 0.15) is 6.04 Å². The summed E-state index contributed by atoms with van der Waals surface area (Å²) in [7, 11) is 1.68. The van der Waals surface area contributed by atoms with Crippen molar-refractivity contribution >= 4 is 27.5 Å². The minimum Gasteiger partial charge on any atom is -0.389 e. The summed E-state index contributed by atoms with van der Waals surface area (Å²) in [5.74, 6) is 0.0698. The molecule has 0 saturated carbocycles. The molecule has 1 saturated heterocycles. The first-order chi connectivity index (χ1) is 9.54. The Morgan fingerprint density at radius 1 is 1.50 bits per heavy atom. The molecule has 1 aliphatic rings. The third kappa shape index (κ3) is 3.15. The summed E-state index contributed by atoms with van der Waals surface area (Å²) in [5.41, 5.74) is 1.89. The van der Waals surface area contributed by atoms with E-state index in [1.54, 1.807) is 14.0 Å². The lowest BCUT2D eigenvalue weighted by molar-refractivity contribution is -0.122. The number of aliphatic hydroxyl groups is 1. The van der Waals surface area contributed by atoms with Gasteiger partial charge in [-0.25, -0.2) is 0 Å². The van der Waals surface area contributed by atoms with E-state index >= 15 is 0 Å². The molecule has 0 aliphatic carbocycles. The van der Waals surface area contributed by atoms with E-state index in [2.05, 4.69) is 26.1 Å². The molecule has 0 aromatic heterocycles. The average Bonchev–Trinajstić information content (AvgIpc) is 2.46. The van der Waals surface area contributed by atoms with Gasteiger partial charge < -0.3 is 15.3 Å². The summed E-state index contributed by atoms with van der Waals surface area (Å²) in [6, 6.07) is 5.79. The van der Waals surface area contributed by atoms with Crippen LogP contribution in [0.4, 0.5) is 5.69 Å². The minimum atomic E-state index is -0.505. The zero-order valence-electron chi connectivity index (χ0n) is 11.9. The van der Waals surface area contributed by atoms with Crippen LogP contribution in [0.2, 0.25) is 0 Å². The van der Waals surface area contributed by atoms with E-state index in [9.17, 15) is 9.90 Å². The zero-order chi connectivity index (χ0) is 14.7. The fourth-order valence-corrected chi connectivity index (χ4v) is 3.41. The first-order valence-corrected chi connectivity index (χ1v) is 7.79. The molecule has 2 N–H and O–H groups in total. The predicted molar refractivity (Wildman–Crippen MR) is 83.8 cm³/mol. The maximum Gasteiger partial charge on any atom is 0.242 e. The number of aliphatic hydroxyl groups excluding tert-OH is 1. The molecule has 1 fully saturated rings. The molecule has 1 aliphatic heterocycles. The summed E-state index contributed by atoms with van der Waals surface area (Å²) in [6.45, 7) is 2.63. The highest BCUT2D eigenvalue weighted by Crippen LogP contribution is 2.31. The Bertz CT molecular complexity index is 491. The average molecular weight is 341 g/mol. The summed E-state index contributed by atoms with van der Waals surface area (Å²) in [6.07, 6.45) is 2.56. The lowest BCUT2D eigenvalue weighted by atomic mass is 10.00. The van der Waals surface area contributed by atoms with Crippen LogP contribution in [0.3, 0.4) is 0 Å². The Morgan fingerprint density at radius 2 is 2.25 bits per heavy atom. The quantitative estimate of drug-likeness (QED) is 0.889. The molecule has 0 radical (unpaired) electrons. The Hall–Kier alpha value is -1.07. The van der Waals surface area contributed by atoms with Crippen molar-refractivity contribution in [1.82, 2.24) is 5.32 Å². The monoisotopic (exact) mass is 340 g/mol. The fourth-order valence-electron chi connectivity index (χ4n) is 2.71. The van der Waals surface area contributed by atoms with E-state index < -0.39 is 6.10 Å².